The number of carbonyl (C=O) groups excluding carboxylic acids is 1. The monoisotopic (exact) mass is 308 g/mol. The molecule has 0 aromatic heterocycles. The molecule has 2 unspecified atom stereocenters. The molecule has 1 aromatic rings. The molecule has 22 heavy (non-hydrogen) atoms. The molecule has 1 fully saturated rings. The fraction of sp³-hybridized carbons (Fsp3) is 0.562. The molecule has 1 amide bonds. The van der Waals surface area contributed by atoms with Crippen molar-refractivity contribution in [3.05, 3.63) is 35.6 Å². The van der Waals surface area contributed by atoms with Gasteiger partial charge in [-0.15, -0.1) is 0 Å². The van der Waals surface area contributed by atoms with E-state index in [2.05, 4.69) is 23.1 Å². The summed E-state index contributed by atoms with van der Waals surface area (Å²) in [6.45, 7) is 4.92. The molecule has 0 spiro atoms. The van der Waals surface area contributed by atoms with Crippen LogP contribution in [0.15, 0.2) is 24.3 Å². The smallest absolute Gasteiger partial charge is 0.234 e. The molecule has 0 aliphatic carbocycles. The number of hydrogen-bond acceptors (Lipinski definition) is 4. The van der Waals surface area contributed by atoms with Gasteiger partial charge in [0.1, 0.15) is 5.82 Å². The van der Waals surface area contributed by atoms with E-state index in [0.717, 1.165) is 18.7 Å². The molecule has 0 bridgehead atoms. The zero-order chi connectivity index (χ0) is 15.9. The lowest BCUT2D eigenvalue weighted by molar-refractivity contribution is -0.122. The fourth-order valence-corrected chi connectivity index (χ4v) is 2.63. The first-order valence-electron chi connectivity index (χ1n) is 7.72. The molecule has 122 valence electrons. The highest BCUT2D eigenvalue weighted by Crippen LogP contribution is 2.08. The van der Waals surface area contributed by atoms with E-state index in [1.165, 1.54) is 12.1 Å². The van der Waals surface area contributed by atoms with Gasteiger partial charge in [0.25, 0.3) is 0 Å². The van der Waals surface area contributed by atoms with Crippen LogP contribution >= 0.6 is 0 Å². The van der Waals surface area contributed by atoms with Crippen molar-refractivity contribution < 1.29 is 9.18 Å². The van der Waals surface area contributed by atoms with Gasteiger partial charge in [0, 0.05) is 31.6 Å². The van der Waals surface area contributed by atoms with Crippen LogP contribution in [0.1, 0.15) is 12.5 Å². The Balaban J connectivity index is 1.63. The Morgan fingerprint density at radius 3 is 2.77 bits per heavy atom. The first-order valence-corrected chi connectivity index (χ1v) is 7.72. The quantitative estimate of drug-likeness (QED) is 0.688. The average Bonchev–Trinajstić information content (AvgIpc) is 2.86. The zero-order valence-corrected chi connectivity index (χ0v) is 13.2. The van der Waals surface area contributed by atoms with E-state index in [1.807, 2.05) is 11.9 Å². The normalized spacial score (nSPS) is 21.3. The second-order valence-electron chi connectivity index (χ2n) is 6.00. The van der Waals surface area contributed by atoms with E-state index in [-0.39, 0.29) is 11.7 Å². The van der Waals surface area contributed by atoms with Gasteiger partial charge in [-0.25, -0.2) is 4.39 Å². The number of rotatable bonds is 7. The zero-order valence-electron chi connectivity index (χ0n) is 13.2. The number of hydrazine groups is 1. The van der Waals surface area contributed by atoms with Crippen LogP contribution in [0.5, 0.6) is 0 Å². The number of nitrogens with one attached hydrogen (secondary N) is 3. The summed E-state index contributed by atoms with van der Waals surface area (Å²) in [6.07, 6.45) is 0.712. The lowest BCUT2D eigenvalue weighted by Crippen LogP contribution is -2.40. The minimum Gasteiger partial charge on any atom is -0.355 e. The molecule has 3 N–H and O–H groups in total. The fourth-order valence-electron chi connectivity index (χ4n) is 2.63. The molecule has 0 saturated carbocycles. The molecule has 1 aliphatic rings. The third kappa shape index (κ3) is 5.36. The summed E-state index contributed by atoms with van der Waals surface area (Å²) in [7, 11) is 1.96. The van der Waals surface area contributed by atoms with Crippen molar-refractivity contribution in [3.63, 3.8) is 0 Å². The van der Waals surface area contributed by atoms with Crippen LogP contribution in [0.25, 0.3) is 0 Å². The van der Waals surface area contributed by atoms with Crippen LogP contribution < -0.4 is 16.2 Å². The highest BCUT2D eigenvalue weighted by molar-refractivity contribution is 5.77. The highest BCUT2D eigenvalue weighted by atomic mass is 19.1. The van der Waals surface area contributed by atoms with Crippen molar-refractivity contribution in [1.29, 1.82) is 0 Å². The van der Waals surface area contributed by atoms with Crippen molar-refractivity contribution in [3.8, 4) is 0 Å². The minimum atomic E-state index is -0.237. The predicted octanol–water partition coefficient (Wildman–Crippen LogP) is 0.529. The molecule has 1 aliphatic heterocycles. The van der Waals surface area contributed by atoms with Crippen LogP contribution in [0.3, 0.4) is 0 Å². The minimum absolute atomic E-state index is 0.0242. The summed E-state index contributed by atoms with van der Waals surface area (Å²) in [5.41, 5.74) is 7.33. The summed E-state index contributed by atoms with van der Waals surface area (Å²) in [6, 6.07) is 6.79. The van der Waals surface area contributed by atoms with Gasteiger partial charge >= 0.3 is 0 Å². The first kappa shape index (κ1) is 16.9. The van der Waals surface area contributed by atoms with Gasteiger partial charge in [-0.05, 0) is 38.1 Å². The van der Waals surface area contributed by atoms with Crippen LogP contribution in [-0.4, -0.2) is 50.1 Å². The third-order valence-electron chi connectivity index (χ3n) is 4.01. The van der Waals surface area contributed by atoms with Crippen molar-refractivity contribution in [2.45, 2.75) is 19.4 Å². The Hall–Kier alpha value is -1.50. The Kier molecular flexibility index (Phi) is 6.30. The average molecular weight is 308 g/mol. The third-order valence-corrected chi connectivity index (χ3v) is 4.01. The molecule has 2 rings (SSSR count). The van der Waals surface area contributed by atoms with Crippen molar-refractivity contribution in [2.24, 2.45) is 5.92 Å². The number of amides is 1. The number of carbonyl (C=O) groups is 1. The molecule has 1 heterocycles. The molecule has 1 aromatic carbocycles. The van der Waals surface area contributed by atoms with Gasteiger partial charge in [0.2, 0.25) is 5.91 Å². The maximum Gasteiger partial charge on any atom is 0.234 e. The Morgan fingerprint density at radius 1 is 1.41 bits per heavy atom. The van der Waals surface area contributed by atoms with E-state index in [9.17, 15) is 9.18 Å². The van der Waals surface area contributed by atoms with Gasteiger partial charge in [-0.1, -0.05) is 12.1 Å². The summed E-state index contributed by atoms with van der Waals surface area (Å²) in [4.78, 5) is 14.0. The molecule has 0 radical (unpaired) electrons. The summed E-state index contributed by atoms with van der Waals surface area (Å²) >= 11 is 0. The van der Waals surface area contributed by atoms with E-state index in [4.69, 9.17) is 0 Å². The molecule has 6 heteroatoms. The van der Waals surface area contributed by atoms with Gasteiger partial charge < -0.3 is 5.32 Å². The maximum absolute atomic E-state index is 12.8. The second kappa shape index (κ2) is 8.22. The Morgan fingerprint density at radius 2 is 2.14 bits per heavy atom. The van der Waals surface area contributed by atoms with Gasteiger partial charge in [0.05, 0.1) is 6.54 Å². The number of likely N-dealkylation sites (N-methyl/N-ethyl adjacent to an activating group) is 1. The number of benzene rings is 1. The summed E-state index contributed by atoms with van der Waals surface area (Å²) in [5, 5.41) is 2.91. The molecule has 1 saturated heterocycles. The van der Waals surface area contributed by atoms with E-state index in [0.29, 0.717) is 31.5 Å². The molecular weight excluding hydrogens is 283 g/mol. The van der Waals surface area contributed by atoms with Crippen LogP contribution in [-0.2, 0) is 11.2 Å². The van der Waals surface area contributed by atoms with Gasteiger partial charge in [-0.3, -0.25) is 20.5 Å². The molecule has 5 nitrogen and oxygen atoms in total. The highest BCUT2D eigenvalue weighted by Gasteiger charge is 2.24. The predicted molar refractivity (Wildman–Crippen MR) is 84.7 cm³/mol. The van der Waals surface area contributed by atoms with Crippen LogP contribution in [0.4, 0.5) is 4.39 Å². The van der Waals surface area contributed by atoms with Gasteiger partial charge in [-0.2, -0.15) is 0 Å². The lowest BCUT2D eigenvalue weighted by Gasteiger charge is -2.22. The van der Waals surface area contributed by atoms with Crippen molar-refractivity contribution >= 4 is 5.91 Å². The largest absolute Gasteiger partial charge is 0.355 e. The van der Waals surface area contributed by atoms with E-state index >= 15 is 0 Å². The van der Waals surface area contributed by atoms with Crippen LogP contribution in [0.2, 0.25) is 0 Å². The first-order chi connectivity index (χ1) is 10.5. The van der Waals surface area contributed by atoms with Crippen LogP contribution in [0, 0.1) is 11.7 Å². The van der Waals surface area contributed by atoms with Crippen molar-refractivity contribution in [1.82, 2.24) is 21.1 Å². The number of nitrogens with zero attached hydrogens (tertiary/aromatic N) is 1. The summed E-state index contributed by atoms with van der Waals surface area (Å²) < 4.78 is 12.8. The Bertz CT molecular complexity index is 480. The SMILES string of the molecule is CC1NNCC1CN(C)CC(=O)NCCc1ccc(F)cc1. The maximum atomic E-state index is 12.8. The number of halogens is 1. The summed E-state index contributed by atoms with van der Waals surface area (Å²) in [5.74, 6) is 0.299. The topological polar surface area (TPSA) is 56.4 Å². The second-order valence-corrected chi connectivity index (χ2v) is 6.00. The number of hydrogen-bond donors (Lipinski definition) is 3. The molecular formula is C16H25FN4O. The van der Waals surface area contributed by atoms with Crippen molar-refractivity contribution in [2.75, 3.05) is 33.2 Å². The van der Waals surface area contributed by atoms with E-state index in [1.54, 1.807) is 12.1 Å². The molecule has 2 atom stereocenters. The Labute approximate surface area is 131 Å². The standard InChI is InChI=1S/C16H25FN4O/c1-12-14(9-19-20-12)10-21(2)11-16(22)18-8-7-13-3-5-15(17)6-4-13/h3-6,12,14,19-20H,7-11H2,1-2H3,(H,18,22). The van der Waals surface area contributed by atoms with Gasteiger partial charge in [0.15, 0.2) is 0 Å². The lowest BCUT2D eigenvalue weighted by atomic mass is 10.0. The van der Waals surface area contributed by atoms with E-state index < -0.39 is 0 Å².